The fraction of sp³-hybridized carbons (Fsp3) is 0.611. The predicted molar refractivity (Wildman–Crippen MR) is 94.6 cm³/mol. The number of methoxy groups -OCH3 is 1. The second kappa shape index (κ2) is 8.02. The molecule has 3 rings (SSSR count). The molecule has 0 spiro atoms. The number of hydrogen-bond acceptors (Lipinski definition) is 3. The maximum Gasteiger partial charge on any atom is 0.223 e. The summed E-state index contributed by atoms with van der Waals surface area (Å²) in [5.41, 5.74) is 2.71. The molecule has 1 N–H and O–H groups in total. The largest absolute Gasteiger partial charge is 0.497 e. The zero-order chi connectivity index (χ0) is 15.5. The van der Waals surface area contributed by atoms with Gasteiger partial charge in [-0.3, -0.25) is 4.79 Å². The third-order valence-electron chi connectivity index (χ3n) is 5.03. The first-order chi connectivity index (χ1) is 10.7. The highest BCUT2D eigenvalue weighted by Gasteiger charge is 2.28. The zero-order valence-electron chi connectivity index (χ0n) is 14.0. The first kappa shape index (κ1) is 18.1. The van der Waals surface area contributed by atoms with Gasteiger partial charge >= 0.3 is 0 Å². The van der Waals surface area contributed by atoms with Gasteiger partial charge in [-0.15, -0.1) is 12.4 Å². The Morgan fingerprint density at radius 1 is 1.43 bits per heavy atom. The number of carbonyl (C=O) groups is 1. The number of carbonyl (C=O) groups excluding carboxylic acids is 1. The Labute approximate surface area is 145 Å². The van der Waals surface area contributed by atoms with Crippen LogP contribution < -0.4 is 10.1 Å². The van der Waals surface area contributed by atoms with E-state index < -0.39 is 0 Å². The van der Waals surface area contributed by atoms with Gasteiger partial charge in [-0.2, -0.15) is 0 Å². The minimum absolute atomic E-state index is 0. The molecule has 0 saturated carbocycles. The monoisotopic (exact) mass is 338 g/mol. The Hall–Kier alpha value is -1.26. The number of piperazine rings is 1. The molecular weight excluding hydrogens is 312 g/mol. The van der Waals surface area contributed by atoms with Crippen LogP contribution in [-0.2, 0) is 11.2 Å². The lowest BCUT2D eigenvalue weighted by atomic mass is 9.80. The van der Waals surface area contributed by atoms with Crippen LogP contribution >= 0.6 is 12.4 Å². The van der Waals surface area contributed by atoms with Crippen LogP contribution in [0.2, 0.25) is 0 Å². The summed E-state index contributed by atoms with van der Waals surface area (Å²) in [6.07, 6.45) is 4.02. The minimum atomic E-state index is 0. The minimum Gasteiger partial charge on any atom is -0.497 e. The van der Waals surface area contributed by atoms with E-state index in [1.54, 1.807) is 7.11 Å². The number of aryl methyl sites for hydroxylation is 1. The smallest absolute Gasteiger partial charge is 0.223 e. The van der Waals surface area contributed by atoms with Crippen LogP contribution in [0.1, 0.15) is 43.2 Å². The Kier molecular flexibility index (Phi) is 6.31. The summed E-state index contributed by atoms with van der Waals surface area (Å²) in [5, 5.41) is 3.34. The second-order valence-corrected chi connectivity index (χ2v) is 6.50. The average Bonchev–Trinajstić information content (AvgIpc) is 2.55. The normalized spacial score (nSPS) is 23.7. The van der Waals surface area contributed by atoms with Crippen LogP contribution in [0.3, 0.4) is 0 Å². The molecule has 1 fully saturated rings. The van der Waals surface area contributed by atoms with Gasteiger partial charge in [-0.25, -0.2) is 0 Å². The summed E-state index contributed by atoms with van der Waals surface area (Å²) in [7, 11) is 1.71. The van der Waals surface area contributed by atoms with E-state index in [9.17, 15) is 4.79 Å². The van der Waals surface area contributed by atoms with Gasteiger partial charge in [0.15, 0.2) is 0 Å². The Morgan fingerprint density at radius 3 is 3.00 bits per heavy atom. The SMILES string of the molecule is COc1ccc2c(c1)CCCC2CC(=O)N1CCNC[C@@H]1C.Cl. The Bertz CT molecular complexity index is 550. The molecule has 0 bridgehead atoms. The molecule has 1 amide bonds. The van der Waals surface area contributed by atoms with Crippen molar-refractivity contribution in [3.05, 3.63) is 29.3 Å². The molecule has 1 aliphatic heterocycles. The fourth-order valence-electron chi connectivity index (χ4n) is 3.77. The van der Waals surface area contributed by atoms with Crippen LogP contribution in [0.5, 0.6) is 5.75 Å². The molecule has 1 unspecified atom stereocenters. The van der Waals surface area contributed by atoms with E-state index in [1.165, 1.54) is 11.1 Å². The summed E-state index contributed by atoms with van der Waals surface area (Å²) >= 11 is 0. The van der Waals surface area contributed by atoms with Crippen LogP contribution in [0.15, 0.2) is 18.2 Å². The van der Waals surface area contributed by atoms with Gasteiger partial charge in [0, 0.05) is 32.1 Å². The molecule has 1 aromatic rings. The lowest BCUT2D eigenvalue weighted by Crippen LogP contribution is -2.52. The van der Waals surface area contributed by atoms with E-state index in [2.05, 4.69) is 24.4 Å². The average molecular weight is 339 g/mol. The van der Waals surface area contributed by atoms with Crippen molar-refractivity contribution in [3.8, 4) is 5.75 Å². The lowest BCUT2D eigenvalue weighted by Gasteiger charge is -2.35. The van der Waals surface area contributed by atoms with Crippen molar-refractivity contribution in [1.82, 2.24) is 10.2 Å². The van der Waals surface area contributed by atoms with Gasteiger partial charge in [0.1, 0.15) is 5.75 Å². The molecule has 2 aliphatic rings. The molecular formula is C18H27ClN2O2. The van der Waals surface area contributed by atoms with Gasteiger partial charge in [-0.05, 0) is 55.4 Å². The maximum absolute atomic E-state index is 12.7. The first-order valence-electron chi connectivity index (χ1n) is 8.36. The molecule has 1 aliphatic carbocycles. The van der Waals surface area contributed by atoms with Gasteiger partial charge in [-0.1, -0.05) is 6.07 Å². The predicted octanol–water partition coefficient (Wildman–Crippen LogP) is 2.75. The van der Waals surface area contributed by atoms with Crippen molar-refractivity contribution >= 4 is 18.3 Å². The number of halogens is 1. The number of fused-ring (bicyclic) bond motifs is 1. The van der Waals surface area contributed by atoms with Crippen molar-refractivity contribution in [2.45, 2.75) is 44.6 Å². The highest BCUT2D eigenvalue weighted by Crippen LogP contribution is 2.36. The van der Waals surface area contributed by atoms with Crippen molar-refractivity contribution < 1.29 is 9.53 Å². The second-order valence-electron chi connectivity index (χ2n) is 6.50. The van der Waals surface area contributed by atoms with Gasteiger partial charge in [0.25, 0.3) is 0 Å². The quantitative estimate of drug-likeness (QED) is 0.921. The molecule has 1 saturated heterocycles. The summed E-state index contributed by atoms with van der Waals surface area (Å²) < 4.78 is 5.32. The van der Waals surface area contributed by atoms with Gasteiger partial charge < -0.3 is 15.0 Å². The molecule has 1 heterocycles. The van der Waals surface area contributed by atoms with Crippen LogP contribution in [-0.4, -0.2) is 43.6 Å². The van der Waals surface area contributed by atoms with Crippen molar-refractivity contribution in [3.63, 3.8) is 0 Å². The summed E-state index contributed by atoms with van der Waals surface area (Å²) in [6, 6.07) is 6.63. The summed E-state index contributed by atoms with van der Waals surface area (Å²) in [5.74, 6) is 1.59. The Morgan fingerprint density at radius 2 is 2.26 bits per heavy atom. The highest BCUT2D eigenvalue weighted by atomic mass is 35.5. The van der Waals surface area contributed by atoms with E-state index >= 15 is 0 Å². The number of benzene rings is 1. The van der Waals surface area contributed by atoms with Gasteiger partial charge in [0.2, 0.25) is 5.91 Å². The molecule has 1 aromatic carbocycles. The van der Waals surface area contributed by atoms with E-state index in [1.807, 2.05) is 11.0 Å². The van der Waals surface area contributed by atoms with Crippen molar-refractivity contribution in [2.24, 2.45) is 0 Å². The number of nitrogens with one attached hydrogen (secondary N) is 1. The van der Waals surface area contributed by atoms with Crippen LogP contribution in [0.4, 0.5) is 0 Å². The Balaban J connectivity index is 0.00000192. The number of hydrogen-bond donors (Lipinski definition) is 1. The summed E-state index contributed by atoms with van der Waals surface area (Å²) in [4.78, 5) is 14.7. The molecule has 2 atom stereocenters. The summed E-state index contributed by atoms with van der Waals surface area (Å²) in [6.45, 7) is 4.78. The van der Waals surface area contributed by atoms with Crippen LogP contribution in [0.25, 0.3) is 0 Å². The zero-order valence-corrected chi connectivity index (χ0v) is 14.8. The molecule has 5 heteroatoms. The molecule has 4 nitrogen and oxygen atoms in total. The molecule has 0 radical (unpaired) electrons. The van der Waals surface area contributed by atoms with Gasteiger partial charge in [0.05, 0.1) is 7.11 Å². The fourth-order valence-corrected chi connectivity index (χ4v) is 3.77. The third kappa shape index (κ3) is 3.99. The highest BCUT2D eigenvalue weighted by molar-refractivity contribution is 5.85. The van der Waals surface area contributed by atoms with Crippen molar-refractivity contribution in [1.29, 1.82) is 0 Å². The number of nitrogens with zero attached hydrogens (tertiary/aromatic N) is 1. The van der Waals surface area contributed by atoms with E-state index in [4.69, 9.17) is 4.74 Å². The topological polar surface area (TPSA) is 41.6 Å². The third-order valence-corrected chi connectivity index (χ3v) is 5.03. The number of amides is 1. The van der Waals surface area contributed by atoms with Crippen LogP contribution in [0, 0.1) is 0 Å². The van der Waals surface area contributed by atoms with Crippen molar-refractivity contribution in [2.75, 3.05) is 26.7 Å². The van der Waals surface area contributed by atoms with E-state index in [0.717, 1.165) is 44.6 Å². The van der Waals surface area contributed by atoms with E-state index in [0.29, 0.717) is 24.3 Å². The number of rotatable bonds is 3. The molecule has 128 valence electrons. The maximum atomic E-state index is 12.7. The first-order valence-corrected chi connectivity index (χ1v) is 8.36. The molecule has 0 aromatic heterocycles. The standard InChI is InChI=1S/C18H26N2O2.ClH/c1-13-12-19-8-9-20(13)18(21)11-15-5-3-4-14-10-16(22-2)6-7-17(14)15;/h6-7,10,13,15,19H,3-5,8-9,11-12H2,1-2H3;1H/t13-,15?;/m0./s1. The number of ether oxygens (including phenoxy) is 1. The van der Waals surface area contributed by atoms with E-state index in [-0.39, 0.29) is 12.4 Å². The molecule has 23 heavy (non-hydrogen) atoms. The lowest BCUT2D eigenvalue weighted by molar-refractivity contribution is -0.134.